The number of rotatable bonds is 5. The molecule has 0 bridgehead atoms. The van der Waals surface area contributed by atoms with Gasteiger partial charge in [-0.25, -0.2) is 4.68 Å². The summed E-state index contributed by atoms with van der Waals surface area (Å²) in [5.41, 5.74) is 6.75. The fourth-order valence-electron chi connectivity index (χ4n) is 1.49. The number of aryl methyl sites for hydroxylation is 2. The van der Waals surface area contributed by atoms with E-state index < -0.39 is 0 Å². The minimum Gasteiger partial charge on any atom is -0.475 e. The maximum atomic E-state index is 7.58. The molecule has 0 amide bonds. The van der Waals surface area contributed by atoms with Gasteiger partial charge in [-0.2, -0.15) is 5.10 Å². The zero-order valence-electron chi connectivity index (χ0n) is 12.0. The molecule has 0 unspecified atom stereocenters. The molecule has 3 N–H and O–H groups in total. The van der Waals surface area contributed by atoms with Gasteiger partial charge < -0.3 is 15.4 Å². The number of ether oxygens (including phenoxy) is 1. The van der Waals surface area contributed by atoms with Gasteiger partial charge in [0.05, 0.1) is 5.69 Å². The van der Waals surface area contributed by atoms with Crippen LogP contribution in [-0.2, 0) is 7.05 Å². The minimum absolute atomic E-state index is 0.0155. The Kier molecular flexibility index (Phi) is 4.01. The highest BCUT2D eigenvalue weighted by molar-refractivity contribution is 5.98. The van der Waals surface area contributed by atoms with Crippen molar-refractivity contribution < 1.29 is 4.74 Å². The second-order valence-corrected chi connectivity index (χ2v) is 5.30. The smallest absolute Gasteiger partial charge is 0.223 e. The van der Waals surface area contributed by atoms with E-state index in [1.54, 1.807) is 11.7 Å². The molecule has 0 aliphatic heterocycles. The summed E-state index contributed by atoms with van der Waals surface area (Å²) in [6.45, 7) is 6.49. The van der Waals surface area contributed by atoms with Crippen LogP contribution in [0.25, 0.3) is 0 Å². The summed E-state index contributed by atoms with van der Waals surface area (Å²) < 4.78 is 7.44. The molecule has 1 heterocycles. The van der Waals surface area contributed by atoms with E-state index in [2.05, 4.69) is 23.8 Å². The van der Waals surface area contributed by atoms with Crippen molar-refractivity contribution in [2.75, 3.05) is 20.7 Å². The van der Waals surface area contributed by atoms with Gasteiger partial charge in [-0.15, -0.1) is 0 Å². The predicted molar refractivity (Wildman–Crippen MR) is 72.2 cm³/mol. The van der Waals surface area contributed by atoms with Gasteiger partial charge in [-0.3, -0.25) is 5.41 Å². The van der Waals surface area contributed by atoms with E-state index in [0.29, 0.717) is 23.7 Å². The van der Waals surface area contributed by atoms with Crippen LogP contribution in [0.4, 0.5) is 0 Å². The topological polar surface area (TPSA) is 80.2 Å². The van der Waals surface area contributed by atoms with Crippen LogP contribution in [0, 0.1) is 12.3 Å². The second-order valence-electron chi connectivity index (χ2n) is 5.30. The van der Waals surface area contributed by atoms with Crippen molar-refractivity contribution in [1.29, 1.82) is 5.41 Å². The number of nitrogens with one attached hydrogen (secondary N) is 1. The first-order chi connectivity index (χ1) is 8.16. The van der Waals surface area contributed by atoms with Crippen LogP contribution >= 0.6 is 0 Å². The van der Waals surface area contributed by atoms with E-state index >= 15 is 0 Å². The predicted octanol–water partition coefficient (Wildman–Crippen LogP) is 0.732. The molecule has 1 aromatic rings. The summed E-state index contributed by atoms with van der Waals surface area (Å²) in [5, 5.41) is 11.8. The van der Waals surface area contributed by atoms with Gasteiger partial charge in [0, 0.05) is 12.6 Å². The third-order valence-electron chi connectivity index (χ3n) is 3.21. The number of nitrogen functional groups attached to an aromatic ring is 1. The molecule has 0 radical (unpaired) electrons. The molecule has 0 aliphatic carbocycles. The summed E-state index contributed by atoms with van der Waals surface area (Å²) in [4.78, 5) is 2.09. The normalized spacial score (nSPS) is 11.9. The number of hydrogen-bond acceptors (Lipinski definition) is 4. The van der Waals surface area contributed by atoms with Gasteiger partial charge in [-0.05, 0) is 34.9 Å². The summed E-state index contributed by atoms with van der Waals surface area (Å²) in [6, 6.07) is 0. The SMILES string of the molecule is Cc1nn(C)c(OCC(C)(C)N(C)C)c1C(=N)N. The third-order valence-corrected chi connectivity index (χ3v) is 3.21. The van der Waals surface area contributed by atoms with E-state index in [4.69, 9.17) is 15.9 Å². The fraction of sp³-hybridized carbons (Fsp3) is 0.667. The minimum atomic E-state index is -0.105. The van der Waals surface area contributed by atoms with Crippen molar-refractivity contribution in [2.24, 2.45) is 12.8 Å². The van der Waals surface area contributed by atoms with Crippen LogP contribution in [0.3, 0.4) is 0 Å². The molecular weight excluding hydrogens is 230 g/mol. The maximum absolute atomic E-state index is 7.58. The lowest BCUT2D eigenvalue weighted by atomic mass is 10.1. The molecule has 6 nitrogen and oxygen atoms in total. The largest absolute Gasteiger partial charge is 0.475 e. The monoisotopic (exact) mass is 253 g/mol. The van der Waals surface area contributed by atoms with Gasteiger partial charge in [0.1, 0.15) is 18.0 Å². The Morgan fingerprint density at radius 1 is 1.50 bits per heavy atom. The quantitative estimate of drug-likeness (QED) is 0.599. The van der Waals surface area contributed by atoms with Crippen LogP contribution in [0.1, 0.15) is 25.1 Å². The van der Waals surface area contributed by atoms with Crippen LogP contribution in [0.15, 0.2) is 0 Å². The van der Waals surface area contributed by atoms with Crippen molar-refractivity contribution in [2.45, 2.75) is 26.3 Å². The van der Waals surface area contributed by atoms with E-state index in [0.717, 1.165) is 0 Å². The van der Waals surface area contributed by atoms with E-state index in [1.165, 1.54) is 0 Å². The standard InChI is InChI=1S/C12H23N5O/c1-8-9(10(13)14)11(17(6)15-8)18-7-12(2,3)16(4)5/h7H2,1-6H3,(H3,13,14). The van der Waals surface area contributed by atoms with Gasteiger partial charge in [0.15, 0.2) is 0 Å². The molecule has 18 heavy (non-hydrogen) atoms. The fourth-order valence-corrected chi connectivity index (χ4v) is 1.49. The molecule has 0 spiro atoms. The van der Waals surface area contributed by atoms with E-state index in [9.17, 15) is 0 Å². The van der Waals surface area contributed by atoms with E-state index in [1.807, 2.05) is 21.0 Å². The molecule has 1 rings (SSSR count). The molecule has 0 saturated heterocycles. The van der Waals surface area contributed by atoms with Crippen LogP contribution in [-0.4, -0.2) is 46.8 Å². The number of nitrogens with two attached hydrogens (primary N) is 1. The molecule has 0 fully saturated rings. The molecule has 0 aliphatic rings. The molecule has 0 atom stereocenters. The van der Waals surface area contributed by atoms with Gasteiger partial charge in [0.25, 0.3) is 0 Å². The zero-order valence-corrected chi connectivity index (χ0v) is 12.0. The lowest BCUT2D eigenvalue weighted by Crippen LogP contribution is -2.43. The number of nitrogens with zero attached hydrogens (tertiary/aromatic N) is 3. The first kappa shape index (κ1) is 14.5. The van der Waals surface area contributed by atoms with E-state index in [-0.39, 0.29) is 11.4 Å². The molecule has 0 saturated carbocycles. The highest BCUT2D eigenvalue weighted by Crippen LogP contribution is 2.22. The first-order valence-corrected chi connectivity index (χ1v) is 5.85. The average molecular weight is 253 g/mol. The molecule has 0 aromatic carbocycles. The van der Waals surface area contributed by atoms with Crippen molar-refractivity contribution in [3.05, 3.63) is 11.3 Å². The number of amidine groups is 1. The Labute approximate surface area is 108 Å². The number of likely N-dealkylation sites (N-methyl/N-ethyl adjacent to an activating group) is 1. The summed E-state index contributed by atoms with van der Waals surface area (Å²) in [5.74, 6) is 0.535. The van der Waals surface area contributed by atoms with Crippen molar-refractivity contribution in [3.8, 4) is 5.88 Å². The Bertz CT molecular complexity index is 448. The van der Waals surface area contributed by atoms with Gasteiger partial charge >= 0.3 is 0 Å². The Morgan fingerprint density at radius 3 is 2.50 bits per heavy atom. The van der Waals surface area contributed by atoms with Crippen LogP contribution in [0.2, 0.25) is 0 Å². The first-order valence-electron chi connectivity index (χ1n) is 5.85. The van der Waals surface area contributed by atoms with Crippen molar-refractivity contribution in [1.82, 2.24) is 14.7 Å². The molecule has 102 valence electrons. The summed E-state index contributed by atoms with van der Waals surface area (Å²) >= 11 is 0. The summed E-state index contributed by atoms with van der Waals surface area (Å²) in [7, 11) is 5.80. The lowest BCUT2D eigenvalue weighted by Gasteiger charge is -2.32. The Hall–Kier alpha value is -1.56. The Morgan fingerprint density at radius 2 is 2.06 bits per heavy atom. The highest BCUT2D eigenvalue weighted by atomic mass is 16.5. The van der Waals surface area contributed by atoms with Crippen LogP contribution in [0.5, 0.6) is 5.88 Å². The Balaban J connectivity index is 2.95. The summed E-state index contributed by atoms with van der Waals surface area (Å²) in [6.07, 6.45) is 0. The number of aromatic nitrogens is 2. The third kappa shape index (κ3) is 2.81. The van der Waals surface area contributed by atoms with Gasteiger partial charge in [0.2, 0.25) is 5.88 Å². The van der Waals surface area contributed by atoms with Crippen LogP contribution < -0.4 is 10.5 Å². The second kappa shape index (κ2) is 4.97. The van der Waals surface area contributed by atoms with Gasteiger partial charge in [-0.1, -0.05) is 0 Å². The molecule has 1 aromatic heterocycles. The molecule has 6 heteroatoms. The van der Waals surface area contributed by atoms with Crippen molar-refractivity contribution in [3.63, 3.8) is 0 Å². The highest BCUT2D eigenvalue weighted by Gasteiger charge is 2.24. The lowest BCUT2D eigenvalue weighted by molar-refractivity contribution is 0.108. The average Bonchev–Trinajstić information content (AvgIpc) is 2.50. The van der Waals surface area contributed by atoms with Crippen molar-refractivity contribution >= 4 is 5.84 Å². The number of hydrogen-bond donors (Lipinski definition) is 2. The zero-order chi connectivity index (χ0) is 14.1. The maximum Gasteiger partial charge on any atom is 0.223 e. The molecular formula is C12H23N5O.